The molecule has 0 saturated carbocycles. The van der Waals surface area contributed by atoms with Crippen LogP contribution in [0.2, 0.25) is 0 Å². The largest absolute Gasteiger partial charge is 0.416 e. The van der Waals surface area contributed by atoms with Gasteiger partial charge in [-0.3, -0.25) is 5.10 Å². The first-order valence-electron chi connectivity index (χ1n) is 4.78. The van der Waals surface area contributed by atoms with Crippen LogP contribution in [0.1, 0.15) is 11.3 Å². The van der Waals surface area contributed by atoms with E-state index in [0.717, 1.165) is 17.8 Å². The van der Waals surface area contributed by atoms with Crippen molar-refractivity contribution in [2.24, 2.45) is 0 Å². The van der Waals surface area contributed by atoms with Crippen molar-refractivity contribution in [2.75, 3.05) is 0 Å². The molecule has 0 aliphatic rings. The van der Waals surface area contributed by atoms with Gasteiger partial charge in [0.2, 0.25) is 0 Å². The summed E-state index contributed by atoms with van der Waals surface area (Å²) in [6, 6.07) is 6.82. The van der Waals surface area contributed by atoms with Crippen LogP contribution in [0.15, 0.2) is 30.3 Å². The summed E-state index contributed by atoms with van der Waals surface area (Å²) in [6.07, 6.45) is -4.33. The Morgan fingerprint density at radius 2 is 2.00 bits per heavy atom. The Kier molecular flexibility index (Phi) is 3.24. The van der Waals surface area contributed by atoms with Gasteiger partial charge in [-0.2, -0.15) is 18.3 Å². The molecular formula is C11H8BrF3N2. The molecule has 0 unspecified atom stereocenters. The predicted molar refractivity (Wildman–Crippen MR) is 61.7 cm³/mol. The minimum Gasteiger partial charge on any atom is -0.281 e. The molecule has 1 aromatic carbocycles. The van der Waals surface area contributed by atoms with Crippen LogP contribution in [0.25, 0.3) is 11.3 Å². The number of hydrogen-bond donors (Lipinski definition) is 1. The normalized spacial score (nSPS) is 11.8. The number of hydrogen-bond acceptors (Lipinski definition) is 1. The average molecular weight is 305 g/mol. The van der Waals surface area contributed by atoms with Crippen LogP contribution in [0.5, 0.6) is 0 Å². The van der Waals surface area contributed by atoms with Gasteiger partial charge in [-0.1, -0.05) is 28.1 Å². The van der Waals surface area contributed by atoms with E-state index in [1.807, 2.05) is 0 Å². The highest BCUT2D eigenvalue weighted by molar-refractivity contribution is 9.08. The Balaban J connectivity index is 2.39. The van der Waals surface area contributed by atoms with E-state index in [0.29, 0.717) is 16.6 Å². The van der Waals surface area contributed by atoms with Gasteiger partial charge in [-0.25, -0.2) is 0 Å². The van der Waals surface area contributed by atoms with Gasteiger partial charge >= 0.3 is 6.18 Å². The van der Waals surface area contributed by atoms with Crippen molar-refractivity contribution in [1.29, 1.82) is 0 Å². The Hall–Kier alpha value is -1.30. The monoisotopic (exact) mass is 304 g/mol. The lowest BCUT2D eigenvalue weighted by atomic mass is 10.1. The van der Waals surface area contributed by atoms with Gasteiger partial charge in [0, 0.05) is 16.6 Å². The van der Waals surface area contributed by atoms with Crippen molar-refractivity contribution in [2.45, 2.75) is 11.5 Å². The van der Waals surface area contributed by atoms with Crippen molar-refractivity contribution in [3.63, 3.8) is 0 Å². The first kappa shape index (κ1) is 12.2. The smallest absolute Gasteiger partial charge is 0.281 e. The van der Waals surface area contributed by atoms with Crippen molar-refractivity contribution in [3.05, 3.63) is 41.6 Å². The summed E-state index contributed by atoms with van der Waals surface area (Å²) in [7, 11) is 0. The molecule has 0 aliphatic carbocycles. The number of aromatic amines is 1. The predicted octanol–water partition coefficient (Wildman–Crippen LogP) is 3.99. The fraction of sp³-hybridized carbons (Fsp3) is 0.182. The fourth-order valence-corrected chi connectivity index (χ4v) is 1.72. The van der Waals surface area contributed by atoms with Gasteiger partial charge < -0.3 is 0 Å². The summed E-state index contributed by atoms with van der Waals surface area (Å²) in [5.74, 6) is 0. The number of H-pyrrole nitrogens is 1. The molecule has 1 N–H and O–H groups in total. The quantitative estimate of drug-likeness (QED) is 0.835. The molecule has 2 aromatic rings. The molecule has 0 aliphatic heterocycles. The zero-order chi connectivity index (χ0) is 12.5. The molecule has 2 rings (SSSR count). The molecule has 1 aromatic heterocycles. The summed E-state index contributed by atoms with van der Waals surface area (Å²) in [6.45, 7) is 0. The molecular weight excluding hydrogens is 297 g/mol. The maximum atomic E-state index is 12.5. The lowest BCUT2D eigenvalue weighted by Crippen LogP contribution is -2.04. The second kappa shape index (κ2) is 4.52. The number of rotatable bonds is 2. The third-order valence-corrected chi connectivity index (χ3v) is 2.86. The molecule has 90 valence electrons. The van der Waals surface area contributed by atoms with E-state index in [1.54, 1.807) is 12.1 Å². The van der Waals surface area contributed by atoms with Crippen molar-refractivity contribution in [3.8, 4) is 11.3 Å². The molecule has 0 spiro atoms. The number of nitrogens with one attached hydrogen (secondary N) is 1. The molecule has 1 heterocycles. The van der Waals surface area contributed by atoms with Gasteiger partial charge in [-0.05, 0) is 18.2 Å². The fourth-order valence-electron chi connectivity index (χ4n) is 1.43. The standard InChI is InChI=1S/C11H8BrF3N2/c12-6-9-5-10(17-16-9)7-2-1-3-8(4-7)11(13,14)15/h1-5H,6H2,(H,16,17). The molecule has 0 bridgehead atoms. The van der Waals surface area contributed by atoms with Crippen molar-refractivity contribution < 1.29 is 13.2 Å². The first-order chi connectivity index (χ1) is 8.00. The highest BCUT2D eigenvalue weighted by Gasteiger charge is 2.30. The van der Waals surface area contributed by atoms with Gasteiger partial charge in [0.05, 0.1) is 11.3 Å². The number of halogens is 4. The van der Waals surface area contributed by atoms with Crippen LogP contribution >= 0.6 is 15.9 Å². The summed E-state index contributed by atoms with van der Waals surface area (Å²) >= 11 is 3.24. The van der Waals surface area contributed by atoms with Crippen molar-refractivity contribution >= 4 is 15.9 Å². The molecule has 0 fully saturated rings. The van der Waals surface area contributed by atoms with E-state index in [1.165, 1.54) is 6.07 Å². The molecule has 0 amide bonds. The summed E-state index contributed by atoms with van der Waals surface area (Å²) in [5, 5.41) is 7.27. The zero-order valence-electron chi connectivity index (χ0n) is 8.55. The third kappa shape index (κ3) is 2.69. The highest BCUT2D eigenvalue weighted by atomic mass is 79.9. The lowest BCUT2D eigenvalue weighted by Gasteiger charge is -2.07. The summed E-state index contributed by atoms with van der Waals surface area (Å²) in [5.41, 5.74) is 1.10. The van der Waals surface area contributed by atoms with Gasteiger partial charge in [0.15, 0.2) is 0 Å². The molecule has 0 atom stereocenters. The van der Waals surface area contributed by atoms with Crippen LogP contribution in [-0.4, -0.2) is 10.2 Å². The zero-order valence-corrected chi connectivity index (χ0v) is 10.1. The molecule has 6 heteroatoms. The van der Waals surface area contributed by atoms with Gasteiger partial charge in [0.1, 0.15) is 0 Å². The number of alkyl halides is 4. The van der Waals surface area contributed by atoms with E-state index in [4.69, 9.17) is 0 Å². The van der Waals surface area contributed by atoms with E-state index < -0.39 is 11.7 Å². The Morgan fingerprint density at radius 1 is 1.24 bits per heavy atom. The highest BCUT2D eigenvalue weighted by Crippen LogP contribution is 2.31. The average Bonchev–Trinajstić information content (AvgIpc) is 2.76. The molecule has 17 heavy (non-hydrogen) atoms. The Bertz CT molecular complexity index is 519. The summed E-state index contributed by atoms with van der Waals surface area (Å²) in [4.78, 5) is 0. The van der Waals surface area contributed by atoms with Gasteiger partial charge in [-0.15, -0.1) is 0 Å². The molecule has 2 nitrogen and oxygen atoms in total. The second-order valence-corrected chi connectivity index (χ2v) is 4.05. The number of nitrogens with zero attached hydrogens (tertiary/aromatic N) is 1. The Labute approximate surface area is 104 Å². The van der Waals surface area contributed by atoms with Crippen LogP contribution < -0.4 is 0 Å². The minimum absolute atomic E-state index is 0.447. The van der Waals surface area contributed by atoms with Crippen LogP contribution in [0, 0.1) is 0 Å². The minimum atomic E-state index is -4.33. The Morgan fingerprint density at radius 3 is 2.59 bits per heavy atom. The maximum Gasteiger partial charge on any atom is 0.416 e. The first-order valence-corrected chi connectivity index (χ1v) is 5.91. The van der Waals surface area contributed by atoms with E-state index in [-0.39, 0.29) is 0 Å². The van der Waals surface area contributed by atoms with Crippen molar-refractivity contribution in [1.82, 2.24) is 10.2 Å². The van der Waals surface area contributed by atoms with Gasteiger partial charge in [0.25, 0.3) is 0 Å². The van der Waals surface area contributed by atoms with Crippen LogP contribution in [0.4, 0.5) is 13.2 Å². The van der Waals surface area contributed by atoms with E-state index in [9.17, 15) is 13.2 Å². The van der Waals surface area contributed by atoms with E-state index >= 15 is 0 Å². The topological polar surface area (TPSA) is 28.7 Å². The van der Waals surface area contributed by atoms with Crippen LogP contribution in [0.3, 0.4) is 0 Å². The lowest BCUT2D eigenvalue weighted by molar-refractivity contribution is -0.137. The van der Waals surface area contributed by atoms with E-state index in [2.05, 4.69) is 26.1 Å². The van der Waals surface area contributed by atoms with Crippen LogP contribution in [-0.2, 0) is 11.5 Å². The second-order valence-electron chi connectivity index (χ2n) is 3.49. The maximum absolute atomic E-state index is 12.5. The third-order valence-electron chi connectivity index (χ3n) is 2.26. The summed E-state index contributed by atoms with van der Waals surface area (Å²) < 4.78 is 37.6. The molecule has 0 saturated heterocycles. The number of benzene rings is 1. The SMILES string of the molecule is FC(F)(F)c1cccc(-c2cc(CBr)[nH]n2)c1. The molecule has 0 radical (unpaired) electrons. The number of aromatic nitrogens is 2.